The van der Waals surface area contributed by atoms with E-state index in [1.165, 1.54) is 11.3 Å². The molecule has 0 fully saturated rings. The highest BCUT2D eigenvalue weighted by Gasteiger charge is 2.13. The maximum Gasteiger partial charge on any atom is 0.231 e. The van der Waals surface area contributed by atoms with Crippen LogP contribution in [-0.4, -0.2) is 18.9 Å². The van der Waals surface area contributed by atoms with Gasteiger partial charge in [-0.3, -0.25) is 5.41 Å². The second-order valence-corrected chi connectivity index (χ2v) is 6.27. The first-order valence-corrected chi connectivity index (χ1v) is 8.05. The Bertz CT molecular complexity index is 727. The molecule has 108 valence electrons. The summed E-state index contributed by atoms with van der Waals surface area (Å²) in [6.07, 6.45) is 1.95. The zero-order valence-corrected chi connectivity index (χ0v) is 12.8. The van der Waals surface area contributed by atoms with Gasteiger partial charge in [0.1, 0.15) is 11.5 Å². The number of thioether (sulfide) groups is 1. The Hall–Kier alpha value is -2.06. The molecular formula is C13H12N4O2S2. The van der Waals surface area contributed by atoms with Gasteiger partial charge in [0.2, 0.25) is 6.79 Å². The normalized spacial score (nSPS) is 13.0. The van der Waals surface area contributed by atoms with Gasteiger partial charge in [0, 0.05) is 6.07 Å². The lowest BCUT2D eigenvalue weighted by molar-refractivity contribution is 0.174. The highest BCUT2D eigenvalue weighted by molar-refractivity contribution is 8.00. The fourth-order valence-electron chi connectivity index (χ4n) is 1.77. The zero-order valence-electron chi connectivity index (χ0n) is 11.1. The van der Waals surface area contributed by atoms with Crippen LogP contribution >= 0.6 is 23.1 Å². The van der Waals surface area contributed by atoms with Crippen LogP contribution in [0.2, 0.25) is 0 Å². The summed E-state index contributed by atoms with van der Waals surface area (Å²) in [5.74, 6) is 1.43. The number of benzene rings is 1. The van der Waals surface area contributed by atoms with Crippen molar-refractivity contribution >= 4 is 40.3 Å². The van der Waals surface area contributed by atoms with Crippen LogP contribution in [0.15, 0.2) is 38.7 Å². The van der Waals surface area contributed by atoms with Crippen molar-refractivity contribution in [2.45, 2.75) is 4.21 Å². The molecule has 0 radical (unpaired) electrons. The second kappa shape index (κ2) is 5.74. The molecule has 0 saturated carbocycles. The first kappa shape index (κ1) is 13.9. The Morgan fingerprint density at radius 1 is 1.29 bits per heavy atom. The lowest BCUT2D eigenvalue weighted by Crippen LogP contribution is -2.08. The molecule has 0 saturated heterocycles. The van der Waals surface area contributed by atoms with E-state index >= 15 is 0 Å². The molecule has 8 heteroatoms. The highest BCUT2D eigenvalue weighted by Crippen LogP contribution is 2.39. The Kier molecular flexibility index (Phi) is 3.80. The van der Waals surface area contributed by atoms with Crippen LogP contribution in [-0.2, 0) is 0 Å². The van der Waals surface area contributed by atoms with Gasteiger partial charge in [0.25, 0.3) is 0 Å². The minimum Gasteiger partial charge on any atom is -0.454 e. The van der Waals surface area contributed by atoms with E-state index in [0.29, 0.717) is 22.1 Å². The van der Waals surface area contributed by atoms with Crippen LogP contribution in [0.3, 0.4) is 0 Å². The summed E-state index contributed by atoms with van der Waals surface area (Å²) in [5, 5.41) is 15.9. The predicted octanol–water partition coefficient (Wildman–Crippen LogP) is 3.90. The summed E-state index contributed by atoms with van der Waals surface area (Å²) in [7, 11) is 0. The van der Waals surface area contributed by atoms with Gasteiger partial charge in [-0.05, 0) is 24.5 Å². The topological polar surface area (TPSA) is 93.1 Å². The molecular weight excluding hydrogens is 308 g/mol. The maximum absolute atomic E-state index is 7.48. The maximum atomic E-state index is 7.48. The smallest absolute Gasteiger partial charge is 0.231 e. The van der Waals surface area contributed by atoms with Crippen molar-refractivity contribution in [3.8, 4) is 11.5 Å². The van der Waals surface area contributed by atoms with E-state index in [1.54, 1.807) is 30.0 Å². The van der Waals surface area contributed by atoms with Gasteiger partial charge in [-0.1, -0.05) is 0 Å². The molecule has 0 amide bonds. The molecule has 1 aliphatic rings. The van der Waals surface area contributed by atoms with Gasteiger partial charge in [0.15, 0.2) is 11.5 Å². The van der Waals surface area contributed by atoms with Gasteiger partial charge < -0.3 is 15.2 Å². The Labute approximate surface area is 129 Å². The third-order valence-electron chi connectivity index (χ3n) is 2.76. The van der Waals surface area contributed by atoms with Gasteiger partial charge >= 0.3 is 0 Å². The van der Waals surface area contributed by atoms with Crippen molar-refractivity contribution in [1.29, 1.82) is 5.41 Å². The van der Waals surface area contributed by atoms with Gasteiger partial charge in [-0.2, -0.15) is 5.11 Å². The average Bonchev–Trinajstić information content (AvgIpc) is 3.10. The lowest BCUT2D eigenvalue weighted by Gasteiger charge is -1.96. The summed E-state index contributed by atoms with van der Waals surface area (Å²) in [4.78, 5) is 0.694. The van der Waals surface area contributed by atoms with E-state index in [9.17, 15) is 0 Å². The Morgan fingerprint density at radius 2 is 2.10 bits per heavy atom. The minimum atomic E-state index is 0.0415. The molecule has 1 aromatic carbocycles. The number of thiophene rings is 1. The summed E-state index contributed by atoms with van der Waals surface area (Å²) in [6, 6.07) is 7.17. The average molecular weight is 320 g/mol. The SMILES string of the molecule is CSc1sc(C(=N)N)cc1N=Nc1ccc2c(c1)OCO2. The first-order valence-electron chi connectivity index (χ1n) is 6.01. The third kappa shape index (κ3) is 2.86. The third-order valence-corrected chi connectivity index (χ3v) is 5.04. The number of ether oxygens (including phenoxy) is 2. The van der Waals surface area contributed by atoms with E-state index in [2.05, 4.69) is 10.2 Å². The largest absolute Gasteiger partial charge is 0.454 e. The summed E-state index contributed by atoms with van der Waals surface area (Å²) in [6.45, 7) is 0.235. The number of azo groups is 1. The molecule has 6 nitrogen and oxygen atoms in total. The number of hydrogen-bond acceptors (Lipinski definition) is 7. The second-order valence-electron chi connectivity index (χ2n) is 4.14. The Balaban J connectivity index is 1.87. The van der Waals surface area contributed by atoms with Crippen LogP contribution < -0.4 is 15.2 Å². The molecule has 0 unspecified atom stereocenters. The van der Waals surface area contributed by atoms with E-state index in [0.717, 1.165) is 9.90 Å². The minimum absolute atomic E-state index is 0.0415. The molecule has 2 aromatic rings. The van der Waals surface area contributed by atoms with Gasteiger partial charge in [0.05, 0.1) is 14.8 Å². The Morgan fingerprint density at radius 3 is 2.86 bits per heavy atom. The van der Waals surface area contributed by atoms with Crippen molar-refractivity contribution < 1.29 is 9.47 Å². The zero-order chi connectivity index (χ0) is 14.8. The quantitative estimate of drug-likeness (QED) is 0.387. The monoisotopic (exact) mass is 320 g/mol. The molecule has 3 rings (SSSR count). The number of amidine groups is 1. The van der Waals surface area contributed by atoms with Crippen molar-refractivity contribution in [3.05, 3.63) is 29.1 Å². The van der Waals surface area contributed by atoms with Crippen molar-refractivity contribution in [2.24, 2.45) is 16.0 Å². The molecule has 0 spiro atoms. The van der Waals surface area contributed by atoms with Gasteiger partial charge in [-0.25, -0.2) is 0 Å². The summed E-state index contributed by atoms with van der Waals surface area (Å²) < 4.78 is 11.5. The molecule has 0 bridgehead atoms. The fourth-order valence-corrected chi connectivity index (χ4v) is 3.37. The molecule has 1 aliphatic heterocycles. The fraction of sp³-hybridized carbons (Fsp3) is 0.154. The lowest BCUT2D eigenvalue weighted by atomic mass is 10.3. The van der Waals surface area contributed by atoms with E-state index in [4.69, 9.17) is 20.6 Å². The predicted molar refractivity (Wildman–Crippen MR) is 83.9 cm³/mol. The van der Waals surface area contributed by atoms with Crippen LogP contribution in [0.1, 0.15) is 4.88 Å². The summed E-state index contributed by atoms with van der Waals surface area (Å²) >= 11 is 2.99. The number of rotatable bonds is 4. The number of nitrogens with two attached hydrogens (primary N) is 1. The molecule has 3 N–H and O–H groups in total. The molecule has 21 heavy (non-hydrogen) atoms. The van der Waals surface area contributed by atoms with E-state index < -0.39 is 0 Å². The number of fused-ring (bicyclic) bond motifs is 1. The number of nitrogens with zero attached hydrogens (tertiary/aromatic N) is 2. The van der Waals surface area contributed by atoms with Crippen molar-refractivity contribution in [3.63, 3.8) is 0 Å². The summed E-state index contributed by atoms with van der Waals surface area (Å²) in [5.41, 5.74) is 6.90. The van der Waals surface area contributed by atoms with Crippen LogP contribution in [0.25, 0.3) is 0 Å². The number of hydrogen-bond donors (Lipinski definition) is 2. The van der Waals surface area contributed by atoms with E-state index in [-0.39, 0.29) is 12.6 Å². The number of nitrogen functional groups attached to an aromatic ring is 1. The van der Waals surface area contributed by atoms with Crippen molar-refractivity contribution in [2.75, 3.05) is 13.0 Å². The molecule has 2 heterocycles. The highest BCUT2D eigenvalue weighted by atomic mass is 32.2. The van der Waals surface area contributed by atoms with Crippen LogP contribution in [0.5, 0.6) is 11.5 Å². The van der Waals surface area contributed by atoms with Crippen LogP contribution in [0, 0.1) is 5.41 Å². The molecule has 0 atom stereocenters. The number of nitrogens with one attached hydrogen (secondary N) is 1. The van der Waals surface area contributed by atoms with Gasteiger partial charge in [-0.15, -0.1) is 28.2 Å². The first-order chi connectivity index (χ1) is 10.2. The van der Waals surface area contributed by atoms with E-state index in [1.807, 2.05) is 12.3 Å². The standard InChI is InChI=1S/C13H12N4O2S2/c1-20-13-8(5-11(21-13)12(14)15)17-16-7-2-3-9-10(4-7)19-6-18-9/h2-5H,6H2,1H3,(H3,14,15). The van der Waals surface area contributed by atoms with Crippen molar-refractivity contribution in [1.82, 2.24) is 0 Å². The molecule has 0 aliphatic carbocycles. The van der Waals surface area contributed by atoms with Crippen LogP contribution in [0.4, 0.5) is 11.4 Å². The molecule has 1 aromatic heterocycles.